The Morgan fingerprint density at radius 3 is 2.55 bits per heavy atom. The number of hydrogen-bond donors (Lipinski definition) is 2. The summed E-state index contributed by atoms with van der Waals surface area (Å²) in [5.74, 6) is 0.341. The summed E-state index contributed by atoms with van der Waals surface area (Å²) in [5, 5.41) is 3.43. The van der Waals surface area contributed by atoms with E-state index in [1.807, 2.05) is 12.1 Å². The molecule has 0 atom stereocenters. The third-order valence-corrected chi connectivity index (χ3v) is 6.61. The highest BCUT2D eigenvalue weighted by Gasteiger charge is 2.51. The second kappa shape index (κ2) is 7.67. The van der Waals surface area contributed by atoms with Gasteiger partial charge in [0.15, 0.2) is 0 Å². The van der Waals surface area contributed by atoms with E-state index in [2.05, 4.69) is 10.0 Å². The minimum absolute atomic E-state index is 0.0454. The molecule has 1 aliphatic carbocycles. The van der Waals surface area contributed by atoms with Crippen molar-refractivity contribution in [3.63, 3.8) is 0 Å². The number of halogens is 1. The van der Waals surface area contributed by atoms with Crippen LogP contribution in [-0.2, 0) is 26.8 Å². The van der Waals surface area contributed by atoms with Crippen LogP contribution in [-0.4, -0.2) is 14.3 Å². The molecule has 6 nitrogen and oxygen atoms in total. The van der Waals surface area contributed by atoms with Crippen molar-refractivity contribution in [3.8, 4) is 0 Å². The number of anilines is 1. The van der Waals surface area contributed by atoms with Crippen molar-refractivity contribution in [2.75, 3.05) is 5.32 Å². The van der Waals surface area contributed by atoms with E-state index >= 15 is 0 Å². The first-order valence-electron chi connectivity index (χ1n) is 9.09. The molecule has 2 aromatic carbocycles. The Hall–Kier alpha value is -2.61. The monoisotopic (exact) mass is 430 g/mol. The van der Waals surface area contributed by atoms with Crippen molar-refractivity contribution < 1.29 is 17.6 Å². The van der Waals surface area contributed by atoms with Crippen molar-refractivity contribution >= 4 is 33.2 Å². The Bertz CT molecular complexity index is 1140. The van der Waals surface area contributed by atoms with Gasteiger partial charge >= 0.3 is 0 Å². The molecule has 1 amide bonds. The lowest BCUT2D eigenvalue weighted by Gasteiger charge is -2.16. The highest BCUT2D eigenvalue weighted by Crippen LogP contribution is 2.49. The van der Waals surface area contributed by atoms with Crippen LogP contribution in [0, 0.1) is 0 Å². The predicted molar refractivity (Wildman–Crippen MR) is 110 cm³/mol. The molecule has 1 saturated carbocycles. The van der Waals surface area contributed by atoms with Gasteiger partial charge in [-0.3, -0.25) is 4.79 Å². The Labute approximate surface area is 173 Å². The second-order valence-electron chi connectivity index (χ2n) is 6.98. The van der Waals surface area contributed by atoms with Crippen molar-refractivity contribution in [2.45, 2.75) is 29.7 Å². The fourth-order valence-electron chi connectivity index (χ4n) is 3.21. The standard InChI is InChI=1S/C21H19ClN2O4S/c22-16-5-1-4-15(12-16)21(9-10-21)20(25)24-17-6-2-8-19(13-17)29(26,27)23-14-18-7-3-11-28-18/h1-8,11-13,23H,9-10,14H2,(H,24,25). The predicted octanol–water partition coefficient (Wildman–Crippen LogP) is 4.08. The van der Waals surface area contributed by atoms with E-state index in [4.69, 9.17) is 16.0 Å². The molecule has 0 unspecified atom stereocenters. The van der Waals surface area contributed by atoms with Crippen LogP contribution in [0.15, 0.2) is 76.2 Å². The molecule has 1 aliphatic rings. The van der Waals surface area contributed by atoms with E-state index in [0.29, 0.717) is 16.5 Å². The lowest BCUT2D eigenvalue weighted by molar-refractivity contribution is -0.118. The quantitative estimate of drug-likeness (QED) is 0.591. The maximum atomic E-state index is 12.9. The number of sulfonamides is 1. The smallest absolute Gasteiger partial charge is 0.241 e. The molecule has 0 aliphatic heterocycles. The van der Waals surface area contributed by atoms with Gasteiger partial charge in [-0.1, -0.05) is 29.8 Å². The van der Waals surface area contributed by atoms with Crippen LogP contribution in [0.5, 0.6) is 0 Å². The van der Waals surface area contributed by atoms with Crippen LogP contribution < -0.4 is 10.0 Å². The molecule has 4 rings (SSSR count). The minimum Gasteiger partial charge on any atom is -0.468 e. The first kappa shape index (κ1) is 19.7. The number of furan rings is 1. The molecule has 0 bridgehead atoms. The number of rotatable bonds is 7. The molecular weight excluding hydrogens is 412 g/mol. The zero-order valence-corrected chi connectivity index (χ0v) is 17.0. The number of benzene rings is 2. The molecule has 150 valence electrons. The van der Waals surface area contributed by atoms with Crippen LogP contribution in [0.25, 0.3) is 0 Å². The van der Waals surface area contributed by atoms with Gasteiger partial charge < -0.3 is 9.73 Å². The van der Waals surface area contributed by atoms with Crippen molar-refractivity contribution in [3.05, 3.63) is 83.3 Å². The number of nitrogens with one attached hydrogen (secondary N) is 2. The Balaban J connectivity index is 1.49. The van der Waals surface area contributed by atoms with Crippen molar-refractivity contribution in [2.24, 2.45) is 0 Å². The molecule has 1 aromatic heterocycles. The van der Waals surface area contributed by atoms with Crippen LogP contribution in [0.3, 0.4) is 0 Å². The van der Waals surface area contributed by atoms with Crippen LogP contribution >= 0.6 is 11.6 Å². The molecule has 1 heterocycles. The van der Waals surface area contributed by atoms with E-state index in [0.717, 1.165) is 18.4 Å². The van der Waals surface area contributed by atoms with E-state index < -0.39 is 15.4 Å². The number of carbonyl (C=O) groups is 1. The van der Waals surface area contributed by atoms with E-state index in [9.17, 15) is 13.2 Å². The lowest BCUT2D eigenvalue weighted by atomic mass is 9.95. The summed E-state index contributed by atoms with van der Waals surface area (Å²) < 4.78 is 32.7. The highest BCUT2D eigenvalue weighted by molar-refractivity contribution is 7.89. The summed E-state index contributed by atoms with van der Waals surface area (Å²) in [5.41, 5.74) is 0.674. The average molecular weight is 431 g/mol. The molecule has 29 heavy (non-hydrogen) atoms. The number of hydrogen-bond acceptors (Lipinski definition) is 4. The molecule has 3 aromatic rings. The lowest BCUT2D eigenvalue weighted by Crippen LogP contribution is -2.28. The molecule has 0 radical (unpaired) electrons. The Kier molecular flexibility index (Phi) is 5.21. The van der Waals surface area contributed by atoms with E-state index in [1.54, 1.807) is 36.4 Å². The summed E-state index contributed by atoms with van der Waals surface area (Å²) in [6.07, 6.45) is 2.93. The van der Waals surface area contributed by atoms with E-state index in [-0.39, 0.29) is 17.3 Å². The highest BCUT2D eigenvalue weighted by atomic mass is 35.5. The van der Waals surface area contributed by atoms with Gasteiger partial charge in [0.1, 0.15) is 5.76 Å². The zero-order chi connectivity index (χ0) is 20.5. The van der Waals surface area contributed by atoms with Gasteiger partial charge in [0.25, 0.3) is 0 Å². The zero-order valence-electron chi connectivity index (χ0n) is 15.4. The summed E-state index contributed by atoms with van der Waals surface area (Å²) in [6.45, 7) is 0.0454. The average Bonchev–Trinajstić information content (AvgIpc) is 3.36. The van der Waals surface area contributed by atoms with E-state index in [1.165, 1.54) is 18.4 Å². The van der Waals surface area contributed by atoms with Crippen molar-refractivity contribution in [1.29, 1.82) is 0 Å². The van der Waals surface area contributed by atoms with Gasteiger partial charge in [0.05, 0.1) is 23.1 Å². The number of amides is 1. The molecule has 8 heteroatoms. The summed E-state index contributed by atoms with van der Waals surface area (Å²) >= 11 is 6.07. The third kappa shape index (κ3) is 4.22. The fraction of sp³-hybridized carbons (Fsp3) is 0.190. The topological polar surface area (TPSA) is 88.4 Å². The third-order valence-electron chi connectivity index (χ3n) is 4.98. The molecular formula is C21H19ClN2O4S. The van der Waals surface area contributed by atoms with Gasteiger partial charge in [-0.2, -0.15) is 0 Å². The van der Waals surface area contributed by atoms with Crippen LogP contribution in [0.1, 0.15) is 24.2 Å². The van der Waals surface area contributed by atoms with Gasteiger partial charge in [-0.05, 0) is 60.9 Å². The van der Waals surface area contributed by atoms with Crippen molar-refractivity contribution in [1.82, 2.24) is 4.72 Å². The van der Waals surface area contributed by atoms with Gasteiger partial charge in [-0.25, -0.2) is 13.1 Å². The normalized spacial score (nSPS) is 15.1. The molecule has 2 N–H and O–H groups in total. The Morgan fingerprint density at radius 2 is 1.86 bits per heavy atom. The van der Waals surface area contributed by atoms with Gasteiger partial charge in [0.2, 0.25) is 15.9 Å². The maximum absolute atomic E-state index is 12.9. The summed E-state index contributed by atoms with van der Waals surface area (Å²) in [6, 6.07) is 16.8. The van der Waals surface area contributed by atoms with Crippen LogP contribution in [0.4, 0.5) is 5.69 Å². The molecule has 0 spiro atoms. The molecule has 0 saturated heterocycles. The SMILES string of the molecule is O=C(Nc1cccc(S(=O)(=O)NCc2ccco2)c1)C1(c2cccc(Cl)c2)CC1. The maximum Gasteiger partial charge on any atom is 0.241 e. The Morgan fingerprint density at radius 1 is 1.07 bits per heavy atom. The largest absolute Gasteiger partial charge is 0.468 e. The summed E-state index contributed by atoms with van der Waals surface area (Å²) in [4.78, 5) is 13.0. The first-order valence-corrected chi connectivity index (χ1v) is 10.9. The fourth-order valence-corrected chi connectivity index (χ4v) is 4.44. The van der Waals surface area contributed by atoms with Crippen LogP contribution in [0.2, 0.25) is 5.02 Å². The van der Waals surface area contributed by atoms with Gasteiger partial charge in [-0.15, -0.1) is 0 Å². The van der Waals surface area contributed by atoms with Gasteiger partial charge in [0, 0.05) is 10.7 Å². The second-order valence-corrected chi connectivity index (χ2v) is 9.18. The minimum atomic E-state index is -3.75. The molecule has 1 fully saturated rings. The first-order chi connectivity index (χ1) is 13.9. The summed E-state index contributed by atoms with van der Waals surface area (Å²) in [7, 11) is -3.75. The number of carbonyl (C=O) groups excluding carboxylic acids is 1.